The van der Waals surface area contributed by atoms with E-state index in [1.165, 1.54) is 62.3 Å². The number of rotatable bonds is 9. The van der Waals surface area contributed by atoms with Crippen LogP contribution in [0.2, 0.25) is 0 Å². The van der Waals surface area contributed by atoms with E-state index in [9.17, 15) is 107 Å². The molecule has 0 unspecified atom stereocenters. The van der Waals surface area contributed by atoms with Crippen LogP contribution in [0.5, 0.6) is 0 Å². The number of aliphatic hydroxyl groups is 3. The molecule has 0 atom stereocenters. The quantitative estimate of drug-likeness (QED) is 0.120. The molecule has 0 fully saturated rings. The summed E-state index contributed by atoms with van der Waals surface area (Å²) in [4.78, 5) is 32.5. The fourth-order valence-electron chi connectivity index (χ4n) is 2.29. The summed E-state index contributed by atoms with van der Waals surface area (Å²) in [6.45, 7) is 11.2. The first-order valence-corrected chi connectivity index (χ1v) is 14.5. The standard InChI is InChI=1S/3C10H11F7O2.Eu/c3*1-7(2,3)5(18)4-6(19)8(11,12)9(13,14)10(15,16)17;/h3*4,18H,1-3H3;. The van der Waals surface area contributed by atoms with Crippen molar-refractivity contribution in [3.63, 3.8) is 0 Å². The van der Waals surface area contributed by atoms with Gasteiger partial charge in [0.15, 0.2) is 0 Å². The summed E-state index contributed by atoms with van der Waals surface area (Å²) in [6, 6.07) is 0. The molecule has 0 rings (SSSR count). The van der Waals surface area contributed by atoms with Crippen molar-refractivity contribution in [2.24, 2.45) is 16.2 Å². The molecule has 0 aliphatic rings. The van der Waals surface area contributed by atoms with Gasteiger partial charge in [-0.15, -0.1) is 0 Å². The zero-order chi connectivity index (χ0) is 47.6. The van der Waals surface area contributed by atoms with E-state index in [1.54, 1.807) is 0 Å². The third-order valence-electron chi connectivity index (χ3n) is 6.29. The van der Waals surface area contributed by atoms with Gasteiger partial charge in [-0.3, -0.25) is 14.4 Å². The maximum absolute atomic E-state index is 12.9. The van der Waals surface area contributed by atoms with Crippen LogP contribution in [-0.4, -0.2) is 86.7 Å². The van der Waals surface area contributed by atoms with Gasteiger partial charge in [0.2, 0.25) is 17.3 Å². The van der Waals surface area contributed by atoms with Crippen LogP contribution in [0.4, 0.5) is 92.2 Å². The molecular weight excluding hydrogens is 1010 g/mol. The van der Waals surface area contributed by atoms with Crippen molar-refractivity contribution in [3.8, 4) is 0 Å². The van der Waals surface area contributed by atoms with Gasteiger partial charge in [-0.2, -0.15) is 92.2 Å². The Morgan fingerprint density at radius 2 is 0.448 bits per heavy atom. The third-order valence-corrected chi connectivity index (χ3v) is 6.29. The second-order valence-corrected chi connectivity index (χ2v) is 14.4. The van der Waals surface area contributed by atoms with Gasteiger partial charge in [0, 0.05) is 83.8 Å². The molecular formula is C30H33EuF21O6. The van der Waals surface area contributed by atoms with Crippen molar-refractivity contribution in [1.29, 1.82) is 0 Å². The van der Waals surface area contributed by atoms with Crippen LogP contribution >= 0.6 is 0 Å². The Morgan fingerprint density at radius 1 is 0.328 bits per heavy atom. The Morgan fingerprint density at radius 3 is 0.534 bits per heavy atom. The Bertz CT molecular complexity index is 1350. The van der Waals surface area contributed by atoms with E-state index in [0.717, 1.165) is 0 Å². The average molecular weight is 1040 g/mol. The molecule has 0 aliphatic carbocycles. The summed E-state index contributed by atoms with van der Waals surface area (Å²) in [6.07, 6.45) is -20.7. The molecule has 0 aromatic heterocycles. The third kappa shape index (κ3) is 15.0. The summed E-state index contributed by atoms with van der Waals surface area (Å²) in [5.74, 6) is -49.1. The zero-order valence-corrected chi connectivity index (χ0v) is 33.0. The van der Waals surface area contributed by atoms with Crippen molar-refractivity contribution >= 4 is 17.3 Å². The second kappa shape index (κ2) is 19.2. The van der Waals surface area contributed by atoms with Gasteiger partial charge in [0.05, 0.1) is 0 Å². The molecule has 28 heteroatoms. The van der Waals surface area contributed by atoms with Gasteiger partial charge >= 0.3 is 54.1 Å². The van der Waals surface area contributed by atoms with E-state index in [1.807, 2.05) is 0 Å². The molecule has 0 bridgehead atoms. The summed E-state index contributed by atoms with van der Waals surface area (Å²) in [7, 11) is 0. The molecule has 343 valence electrons. The molecule has 6 nitrogen and oxygen atoms in total. The minimum absolute atomic E-state index is 0. The van der Waals surface area contributed by atoms with E-state index < -0.39 is 105 Å². The van der Waals surface area contributed by atoms with Crippen LogP contribution < -0.4 is 0 Å². The monoisotopic (exact) mass is 1040 g/mol. The number of carbonyl (C=O) groups is 3. The fraction of sp³-hybridized carbons (Fsp3) is 0.700. The summed E-state index contributed by atoms with van der Waals surface area (Å²) < 4.78 is 258. The Hall–Kier alpha value is -2.26. The number of allylic oxidation sites excluding steroid dienone is 6. The minimum Gasteiger partial charge on any atom is -0.512 e. The molecule has 58 heavy (non-hydrogen) atoms. The Labute approximate surface area is 355 Å². The predicted molar refractivity (Wildman–Crippen MR) is 153 cm³/mol. The van der Waals surface area contributed by atoms with Crippen molar-refractivity contribution in [3.05, 3.63) is 35.5 Å². The van der Waals surface area contributed by atoms with E-state index >= 15 is 0 Å². The molecule has 0 heterocycles. The average Bonchev–Trinajstić information content (AvgIpc) is 2.93. The van der Waals surface area contributed by atoms with E-state index in [-0.39, 0.29) is 67.6 Å². The molecule has 1 radical (unpaired) electrons. The smallest absolute Gasteiger partial charge is 0.460 e. The second-order valence-electron chi connectivity index (χ2n) is 14.4. The van der Waals surface area contributed by atoms with Crippen LogP contribution in [0, 0.1) is 65.6 Å². The number of hydrogen-bond donors (Lipinski definition) is 3. The molecule has 0 aliphatic heterocycles. The minimum atomic E-state index is -6.59. The van der Waals surface area contributed by atoms with E-state index in [4.69, 9.17) is 15.3 Å². The van der Waals surface area contributed by atoms with Crippen molar-refractivity contribution in [2.45, 2.75) is 116 Å². The van der Waals surface area contributed by atoms with Crippen molar-refractivity contribution < 1.29 is 171 Å². The molecule has 0 saturated heterocycles. The van der Waals surface area contributed by atoms with E-state index in [0.29, 0.717) is 0 Å². The summed E-state index contributed by atoms with van der Waals surface area (Å²) in [5.41, 5.74) is -3.75. The van der Waals surface area contributed by atoms with Crippen molar-refractivity contribution in [1.82, 2.24) is 0 Å². The molecule has 0 aromatic carbocycles. The number of halogens is 21. The van der Waals surface area contributed by atoms with Crippen LogP contribution in [-0.2, 0) is 14.4 Å². The zero-order valence-electron chi connectivity index (χ0n) is 30.6. The maximum Gasteiger partial charge on any atom is 0.460 e. The van der Waals surface area contributed by atoms with Gasteiger partial charge in [0.25, 0.3) is 0 Å². The maximum atomic E-state index is 12.9. The van der Waals surface area contributed by atoms with Gasteiger partial charge in [0.1, 0.15) is 17.3 Å². The number of hydrogen-bond acceptors (Lipinski definition) is 6. The number of alkyl halides is 21. The normalized spacial score (nSPS) is 15.3. The summed E-state index contributed by atoms with van der Waals surface area (Å²) >= 11 is 0. The van der Waals surface area contributed by atoms with Crippen molar-refractivity contribution in [2.75, 3.05) is 0 Å². The first kappa shape index (κ1) is 62.4. The topological polar surface area (TPSA) is 112 Å². The van der Waals surface area contributed by atoms with Crippen LogP contribution in [0.3, 0.4) is 0 Å². The molecule has 0 spiro atoms. The predicted octanol–water partition coefficient (Wildman–Crippen LogP) is 11.6. The van der Waals surface area contributed by atoms with Gasteiger partial charge in [-0.1, -0.05) is 62.3 Å². The first-order valence-electron chi connectivity index (χ1n) is 14.5. The van der Waals surface area contributed by atoms with Crippen LogP contribution in [0.1, 0.15) is 62.3 Å². The molecule has 0 aromatic rings. The van der Waals surface area contributed by atoms with Gasteiger partial charge in [-0.05, 0) is 0 Å². The largest absolute Gasteiger partial charge is 0.512 e. The van der Waals surface area contributed by atoms with Gasteiger partial charge < -0.3 is 15.3 Å². The Kier molecular flexibility index (Phi) is 20.7. The van der Waals surface area contributed by atoms with Crippen LogP contribution in [0.15, 0.2) is 35.5 Å². The molecule has 3 N–H and O–H groups in total. The summed E-state index contributed by atoms with van der Waals surface area (Å²) in [5, 5.41) is 27.5. The van der Waals surface area contributed by atoms with Crippen LogP contribution in [0.25, 0.3) is 0 Å². The first-order chi connectivity index (χ1) is 24.1. The number of ketones is 3. The van der Waals surface area contributed by atoms with Gasteiger partial charge in [-0.25, -0.2) is 0 Å². The van der Waals surface area contributed by atoms with E-state index in [2.05, 4.69) is 0 Å². The molecule has 0 amide bonds. The SMILES string of the molecule is CC(C)(C)C(O)=CC(=O)C(F)(F)C(F)(F)C(F)(F)F.CC(C)(C)C(O)=CC(=O)C(F)(F)C(F)(F)C(F)(F)F.CC(C)(C)C(O)=CC(=O)C(F)(F)C(F)(F)C(F)(F)F.[Eu]. The Balaban J connectivity index is -0.000000374. The number of aliphatic hydroxyl groups excluding tert-OH is 3. The fourth-order valence-corrected chi connectivity index (χ4v) is 2.29. The number of carbonyl (C=O) groups excluding carboxylic acids is 3. The molecule has 0 saturated carbocycles.